The summed E-state index contributed by atoms with van der Waals surface area (Å²) in [5.41, 5.74) is 2.34. The van der Waals surface area contributed by atoms with Crippen LogP contribution in [0.5, 0.6) is 0 Å². The second-order valence-electron chi connectivity index (χ2n) is 3.54. The molecule has 0 fully saturated rings. The van der Waals surface area contributed by atoms with Crippen LogP contribution in [0.1, 0.15) is 32.1 Å². The van der Waals surface area contributed by atoms with Crippen molar-refractivity contribution in [2.24, 2.45) is 0 Å². The van der Waals surface area contributed by atoms with Gasteiger partial charge in [-0.3, -0.25) is 4.79 Å². The smallest absolute Gasteiger partial charge is 0.318 e. The van der Waals surface area contributed by atoms with Crippen LogP contribution in [0, 0.1) is 0 Å². The van der Waals surface area contributed by atoms with E-state index >= 15 is 0 Å². The lowest BCUT2D eigenvalue weighted by molar-refractivity contribution is -0.145. The normalized spacial score (nSPS) is 12.3. The van der Waals surface area contributed by atoms with Gasteiger partial charge in [0.05, 0.1) is 12.1 Å². The third kappa shape index (κ3) is 2.56. The first kappa shape index (κ1) is 12.7. The lowest BCUT2D eigenvalue weighted by atomic mass is 10.1. The molecule has 0 aliphatic rings. The lowest BCUT2D eigenvalue weighted by Gasteiger charge is -2.08. The average Bonchev–Trinajstić information content (AvgIpc) is 3.00. The van der Waals surface area contributed by atoms with Gasteiger partial charge in [-0.2, -0.15) is 4.98 Å². The quantitative estimate of drug-likeness (QED) is 0.773. The highest BCUT2D eigenvalue weighted by Gasteiger charge is 2.26. The molecule has 0 N–H and O–H groups in total. The van der Waals surface area contributed by atoms with Crippen LogP contribution in [0.4, 0.5) is 0 Å². The van der Waals surface area contributed by atoms with E-state index in [1.807, 2.05) is 12.3 Å². The molecule has 6 nitrogen and oxygen atoms in total. The van der Waals surface area contributed by atoms with Crippen LogP contribution in [-0.2, 0) is 9.53 Å². The Bertz CT molecular complexity index is 509. The minimum atomic E-state index is -0.509. The summed E-state index contributed by atoms with van der Waals surface area (Å²) < 4.78 is 10.1. The summed E-state index contributed by atoms with van der Waals surface area (Å²) in [5, 5.41) is 5.64. The van der Waals surface area contributed by atoms with Gasteiger partial charge >= 0.3 is 5.97 Å². The van der Waals surface area contributed by atoms with E-state index in [2.05, 4.69) is 15.1 Å². The van der Waals surface area contributed by atoms with Crippen LogP contribution in [0.2, 0.25) is 0 Å². The third-order valence-electron chi connectivity index (χ3n) is 2.38. The second kappa shape index (κ2) is 5.72. The number of esters is 1. The van der Waals surface area contributed by atoms with Crippen LogP contribution >= 0.6 is 11.3 Å². The Hall–Kier alpha value is -1.76. The van der Waals surface area contributed by atoms with Gasteiger partial charge in [-0.15, -0.1) is 11.3 Å². The summed E-state index contributed by atoms with van der Waals surface area (Å²) in [6.07, 6.45) is 0.553. The first-order valence-corrected chi connectivity index (χ1v) is 6.59. The Kier molecular flexibility index (Phi) is 4.03. The molecule has 18 heavy (non-hydrogen) atoms. The Morgan fingerprint density at radius 3 is 3.00 bits per heavy atom. The maximum Gasteiger partial charge on any atom is 0.318 e. The monoisotopic (exact) mass is 267 g/mol. The number of rotatable bonds is 5. The van der Waals surface area contributed by atoms with Crippen LogP contribution in [0.15, 0.2) is 15.4 Å². The molecule has 2 rings (SSSR count). The molecule has 2 aromatic heterocycles. The first-order chi connectivity index (χ1) is 8.76. The van der Waals surface area contributed by atoms with E-state index in [0.29, 0.717) is 24.5 Å². The van der Waals surface area contributed by atoms with Crippen molar-refractivity contribution in [1.82, 2.24) is 15.1 Å². The molecule has 0 amide bonds. The van der Waals surface area contributed by atoms with Gasteiger partial charge in [0.1, 0.15) is 11.6 Å². The Morgan fingerprint density at radius 1 is 1.56 bits per heavy atom. The predicted octanol–water partition coefficient (Wildman–Crippen LogP) is 2.25. The van der Waals surface area contributed by atoms with Crippen molar-refractivity contribution in [3.63, 3.8) is 0 Å². The molecule has 0 saturated heterocycles. The van der Waals surface area contributed by atoms with Crippen molar-refractivity contribution in [3.8, 4) is 11.5 Å². The fourth-order valence-corrected chi connectivity index (χ4v) is 2.02. The summed E-state index contributed by atoms with van der Waals surface area (Å²) in [7, 11) is 0. The minimum Gasteiger partial charge on any atom is -0.465 e. The maximum atomic E-state index is 11.7. The molecule has 0 aliphatic carbocycles. The topological polar surface area (TPSA) is 78.1 Å². The van der Waals surface area contributed by atoms with Crippen molar-refractivity contribution >= 4 is 17.3 Å². The van der Waals surface area contributed by atoms with E-state index < -0.39 is 5.92 Å². The van der Waals surface area contributed by atoms with Crippen LogP contribution in [0.25, 0.3) is 11.5 Å². The summed E-state index contributed by atoms with van der Waals surface area (Å²) in [4.78, 5) is 20.0. The van der Waals surface area contributed by atoms with Gasteiger partial charge in [0.2, 0.25) is 11.7 Å². The molecule has 0 aliphatic heterocycles. The fourth-order valence-electron chi connectivity index (χ4n) is 1.49. The number of aromatic nitrogens is 3. The number of hydrogen-bond donors (Lipinski definition) is 0. The Morgan fingerprint density at radius 2 is 2.39 bits per heavy atom. The fraction of sp³-hybridized carbons (Fsp3) is 0.455. The van der Waals surface area contributed by atoms with Crippen molar-refractivity contribution in [3.05, 3.63) is 16.8 Å². The SMILES string of the molecule is CCOC(=O)C(CC)c1nc(-c2cscn2)no1. The van der Waals surface area contributed by atoms with Crippen molar-refractivity contribution in [2.75, 3.05) is 6.61 Å². The van der Waals surface area contributed by atoms with Gasteiger partial charge in [0.25, 0.3) is 0 Å². The molecule has 0 aromatic carbocycles. The number of ether oxygens (including phenoxy) is 1. The minimum absolute atomic E-state index is 0.277. The number of carbonyl (C=O) groups is 1. The average molecular weight is 267 g/mol. The number of nitrogens with zero attached hydrogens (tertiary/aromatic N) is 3. The van der Waals surface area contributed by atoms with Gasteiger partial charge in [0.15, 0.2) is 0 Å². The molecule has 0 spiro atoms. The number of hydrogen-bond acceptors (Lipinski definition) is 7. The van der Waals surface area contributed by atoms with E-state index in [1.165, 1.54) is 11.3 Å². The van der Waals surface area contributed by atoms with E-state index in [1.54, 1.807) is 12.4 Å². The molecule has 0 bridgehead atoms. The third-order valence-corrected chi connectivity index (χ3v) is 2.97. The molecule has 0 radical (unpaired) electrons. The molecule has 2 aromatic rings. The van der Waals surface area contributed by atoms with Gasteiger partial charge in [0, 0.05) is 5.38 Å². The zero-order chi connectivity index (χ0) is 13.0. The van der Waals surface area contributed by atoms with Crippen LogP contribution < -0.4 is 0 Å². The Labute approximate surface area is 108 Å². The van der Waals surface area contributed by atoms with E-state index in [9.17, 15) is 4.79 Å². The summed E-state index contributed by atoms with van der Waals surface area (Å²) in [6.45, 7) is 3.97. The van der Waals surface area contributed by atoms with Crippen LogP contribution in [0.3, 0.4) is 0 Å². The van der Waals surface area contributed by atoms with Gasteiger partial charge in [-0.25, -0.2) is 4.98 Å². The molecule has 2 heterocycles. The second-order valence-corrected chi connectivity index (χ2v) is 4.26. The Balaban J connectivity index is 2.20. The number of thiazole rings is 1. The van der Waals surface area contributed by atoms with Gasteiger partial charge in [-0.05, 0) is 13.3 Å². The molecule has 96 valence electrons. The van der Waals surface area contributed by atoms with Gasteiger partial charge in [-0.1, -0.05) is 12.1 Å². The molecule has 1 unspecified atom stereocenters. The van der Waals surface area contributed by atoms with E-state index in [0.717, 1.165) is 0 Å². The van der Waals surface area contributed by atoms with Crippen molar-refractivity contribution < 1.29 is 14.1 Å². The molecule has 0 saturated carbocycles. The van der Waals surface area contributed by atoms with E-state index in [4.69, 9.17) is 9.26 Å². The van der Waals surface area contributed by atoms with Crippen molar-refractivity contribution in [2.45, 2.75) is 26.2 Å². The lowest BCUT2D eigenvalue weighted by Crippen LogP contribution is -2.15. The number of carbonyl (C=O) groups excluding carboxylic acids is 1. The van der Waals surface area contributed by atoms with Crippen molar-refractivity contribution in [1.29, 1.82) is 0 Å². The first-order valence-electron chi connectivity index (χ1n) is 5.65. The summed E-state index contributed by atoms with van der Waals surface area (Å²) in [6, 6.07) is 0. The van der Waals surface area contributed by atoms with E-state index in [-0.39, 0.29) is 11.9 Å². The zero-order valence-corrected chi connectivity index (χ0v) is 10.9. The summed E-state index contributed by atoms with van der Waals surface area (Å²) >= 11 is 1.45. The largest absolute Gasteiger partial charge is 0.465 e. The molecular weight excluding hydrogens is 254 g/mol. The maximum absolute atomic E-state index is 11.7. The van der Waals surface area contributed by atoms with Crippen LogP contribution in [-0.4, -0.2) is 27.7 Å². The molecule has 1 atom stereocenters. The van der Waals surface area contributed by atoms with Gasteiger partial charge < -0.3 is 9.26 Å². The molecule has 7 heteroatoms. The highest BCUT2D eigenvalue weighted by molar-refractivity contribution is 7.07. The highest BCUT2D eigenvalue weighted by Crippen LogP contribution is 2.23. The predicted molar refractivity (Wildman–Crippen MR) is 65.1 cm³/mol. The highest BCUT2D eigenvalue weighted by atomic mass is 32.1. The summed E-state index contributed by atoms with van der Waals surface area (Å²) in [5.74, 6) is -0.175. The zero-order valence-electron chi connectivity index (χ0n) is 10.1. The molecular formula is C11H13N3O3S. The standard InChI is InChI=1S/C11H13N3O3S/c1-3-7(11(15)16-4-2)10-13-9(14-17-10)8-5-18-6-12-8/h5-7H,3-4H2,1-2H3.